The van der Waals surface area contributed by atoms with Gasteiger partial charge in [0.1, 0.15) is 17.0 Å². The monoisotopic (exact) mass is 373 g/mol. The first-order chi connectivity index (χ1) is 12.7. The van der Waals surface area contributed by atoms with E-state index in [0.29, 0.717) is 24.2 Å². The second-order valence-corrected chi connectivity index (χ2v) is 8.39. The minimum atomic E-state index is 0.311. The molecule has 0 aliphatic carbocycles. The zero-order valence-electron chi connectivity index (χ0n) is 15.4. The standard InChI is InChI=1S/C19H27N5OS/c1-14(15-3-2-5-20-12-15)11-17(25)23-6-8-24(9-7-23)18-16-4-10-26-19(16)22-13-21-18/h4,10,13-15,20H,2-3,5-9,11-12H2,1H3. The fourth-order valence-corrected chi connectivity index (χ4v) is 4.86. The molecule has 4 heterocycles. The van der Waals surface area contributed by atoms with E-state index in [1.54, 1.807) is 17.7 Å². The maximum atomic E-state index is 12.7. The summed E-state index contributed by atoms with van der Waals surface area (Å²) in [4.78, 5) is 26.9. The molecular weight excluding hydrogens is 346 g/mol. The molecule has 0 bridgehead atoms. The molecule has 2 aromatic rings. The zero-order chi connectivity index (χ0) is 17.9. The second kappa shape index (κ2) is 7.88. The van der Waals surface area contributed by atoms with Crippen LogP contribution in [0.4, 0.5) is 5.82 Å². The van der Waals surface area contributed by atoms with E-state index in [1.807, 2.05) is 4.90 Å². The molecule has 2 unspecified atom stereocenters. The lowest BCUT2D eigenvalue weighted by Gasteiger charge is -2.36. The van der Waals surface area contributed by atoms with Gasteiger partial charge in [-0.25, -0.2) is 9.97 Å². The van der Waals surface area contributed by atoms with Crippen LogP contribution in [0.3, 0.4) is 0 Å². The number of thiophene rings is 1. The highest BCUT2D eigenvalue weighted by molar-refractivity contribution is 7.16. The van der Waals surface area contributed by atoms with Crippen LogP contribution in [0, 0.1) is 11.8 Å². The number of amides is 1. The summed E-state index contributed by atoms with van der Waals surface area (Å²) < 4.78 is 0. The first-order valence-electron chi connectivity index (χ1n) is 9.64. The molecule has 4 rings (SSSR count). The smallest absolute Gasteiger partial charge is 0.222 e. The predicted octanol–water partition coefficient (Wildman–Crippen LogP) is 2.37. The van der Waals surface area contributed by atoms with Gasteiger partial charge in [0.2, 0.25) is 5.91 Å². The number of piperidine rings is 1. The Labute approximate surface area is 158 Å². The number of hydrogen-bond donors (Lipinski definition) is 1. The van der Waals surface area contributed by atoms with E-state index in [4.69, 9.17) is 0 Å². The number of aromatic nitrogens is 2. The van der Waals surface area contributed by atoms with E-state index in [0.717, 1.165) is 55.3 Å². The average Bonchev–Trinajstić information content (AvgIpc) is 3.17. The van der Waals surface area contributed by atoms with Gasteiger partial charge in [0.25, 0.3) is 0 Å². The molecule has 2 atom stereocenters. The predicted molar refractivity (Wildman–Crippen MR) is 106 cm³/mol. The van der Waals surface area contributed by atoms with Crippen molar-refractivity contribution in [2.45, 2.75) is 26.2 Å². The molecule has 1 N–H and O–H groups in total. The van der Waals surface area contributed by atoms with Crippen LogP contribution in [-0.4, -0.2) is 60.0 Å². The van der Waals surface area contributed by atoms with Gasteiger partial charge in [-0.15, -0.1) is 11.3 Å². The molecule has 1 amide bonds. The van der Waals surface area contributed by atoms with E-state index >= 15 is 0 Å². The summed E-state index contributed by atoms with van der Waals surface area (Å²) >= 11 is 1.64. The highest BCUT2D eigenvalue weighted by Crippen LogP contribution is 2.28. The van der Waals surface area contributed by atoms with Crippen LogP contribution >= 0.6 is 11.3 Å². The van der Waals surface area contributed by atoms with Crippen LogP contribution in [0.2, 0.25) is 0 Å². The van der Waals surface area contributed by atoms with Crippen molar-refractivity contribution in [2.75, 3.05) is 44.2 Å². The average molecular weight is 374 g/mol. The van der Waals surface area contributed by atoms with Gasteiger partial charge in [0.05, 0.1) is 5.39 Å². The second-order valence-electron chi connectivity index (χ2n) is 7.49. The molecule has 0 radical (unpaired) electrons. The van der Waals surface area contributed by atoms with Gasteiger partial charge in [0.15, 0.2) is 0 Å². The number of anilines is 1. The van der Waals surface area contributed by atoms with E-state index < -0.39 is 0 Å². The van der Waals surface area contributed by atoms with Crippen LogP contribution in [0.5, 0.6) is 0 Å². The maximum absolute atomic E-state index is 12.7. The Morgan fingerprint density at radius 1 is 1.35 bits per heavy atom. The van der Waals surface area contributed by atoms with Gasteiger partial charge >= 0.3 is 0 Å². The van der Waals surface area contributed by atoms with Crippen molar-refractivity contribution in [1.82, 2.24) is 20.2 Å². The fourth-order valence-electron chi connectivity index (χ4n) is 4.13. The number of nitrogens with one attached hydrogen (secondary N) is 1. The van der Waals surface area contributed by atoms with Gasteiger partial charge < -0.3 is 15.1 Å². The lowest BCUT2D eigenvalue weighted by Crippen LogP contribution is -2.49. The van der Waals surface area contributed by atoms with E-state index in [-0.39, 0.29) is 0 Å². The molecular formula is C19H27N5OS. The Balaban J connectivity index is 1.33. The van der Waals surface area contributed by atoms with Crippen molar-refractivity contribution in [1.29, 1.82) is 0 Å². The Morgan fingerprint density at radius 3 is 2.96 bits per heavy atom. The summed E-state index contributed by atoms with van der Waals surface area (Å²) in [7, 11) is 0. The van der Waals surface area contributed by atoms with E-state index in [2.05, 4.69) is 38.6 Å². The van der Waals surface area contributed by atoms with Gasteiger partial charge in [-0.05, 0) is 49.2 Å². The van der Waals surface area contributed by atoms with Gasteiger partial charge in [-0.3, -0.25) is 4.79 Å². The molecule has 2 aromatic heterocycles. The summed E-state index contributed by atoms with van der Waals surface area (Å²) in [6.07, 6.45) is 4.80. The number of carbonyl (C=O) groups excluding carboxylic acids is 1. The molecule has 7 heteroatoms. The van der Waals surface area contributed by atoms with Crippen LogP contribution in [0.15, 0.2) is 17.8 Å². The third-order valence-electron chi connectivity index (χ3n) is 5.81. The summed E-state index contributed by atoms with van der Waals surface area (Å²) in [5.41, 5.74) is 0. The molecule has 26 heavy (non-hydrogen) atoms. The topological polar surface area (TPSA) is 61.4 Å². The summed E-state index contributed by atoms with van der Waals surface area (Å²) in [5, 5.41) is 6.64. The molecule has 2 saturated heterocycles. The number of nitrogens with zero attached hydrogens (tertiary/aromatic N) is 4. The van der Waals surface area contributed by atoms with E-state index in [1.165, 1.54) is 12.8 Å². The SMILES string of the molecule is CC(CC(=O)N1CCN(c2ncnc3sccc23)CC1)C1CCCNC1. The third kappa shape index (κ3) is 3.69. The zero-order valence-corrected chi connectivity index (χ0v) is 16.2. The van der Waals surface area contributed by atoms with Crippen LogP contribution < -0.4 is 10.2 Å². The Kier molecular flexibility index (Phi) is 5.36. The number of piperazine rings is 1. The number of hydrogen-bond acceptors (Lipinski definition) is 6. The van der Waals surface area contributed by atoms with E-state index in [9.17, 15) is 4.79 Å². The number of fused-ring (bicyclic) bond motifs is 1. The lowest BCUT2D eigenvalue weighted by atomic mass is 9.85. The molecule has 140 valence electrons. The first-order valence-corrected chi connectivity index (χ1v) is 10.5. The first kappa shape index (κ1) is 17.7. The lowest BCUT2D eigenvalue weighted by molar-refractivity contribution is -0.132. The van der Waals surface area contributed by atoms with Crippen molar-refractivity contribution in [3.8, 4) is 0 Å². The van der Waals surface area contributed by atoms with Crippen molar-refractivity contribution in [3.05, 3.63) is 17.8 Å². The van der Waals surface area contributed by atoms with Crippen LogP contribution in [0.25, 0.3) is 10.2 Å². The molecule has 2 fully saturated rings. The highest BCUT2D eigenvalue weighted by Gasteiger charge is 2.27. The normalized spacial score (nSPS) is 22.6. The quantitative estimate of drug-likeness (QED) is 0.891. The summed E-state index contributed by atoms with van der Waals surface area (Å²) in [6.45, 7) is 7.67. The van der Waals surface area contributed by atoms with Crippen molar-refractivity contribution < 1.29 is 4.79 Å². The van der Waals surface area contributed by atoms with Crippen molar-refractivity contribution >= 4 is 33.3 Å². The van der Waals surface area contributed by atoms with Crippen LogP contribution in [0.1, 0.15) is 26.2 Å². The molecule has 2 aliphatic rings. The Bertz CT molecular complexity index is 749. The molecule has 0 saturated carbocycles. The summed E-state index contributed by atoms with van der Waals surface area (Å²) in [6, 6.07) is 2.09. The van der Waals surface area contributed by atoms with Crippen molar-refractivity contribution in [2.24, 2.45) is 11.8 Å². The number of rotatable bonds is 4. The largest absolute Gasteiger partial charge is 0.352 e. The van der Waals surface area contributed by atoms with Crippen LogP contribution in [-0.2, 0) is 4.79 Å². The highest BCUT2D eigenvalue weighted by atomic mass is 32.1. The fraction of sp³-hybridized carbons (Fsp3) is 0.632. The Hall–Kier alpha value is -1.73. The minimum absolute atomic E-state index is 0.311. The summed E-state index contributed by atoms with van der Waals surface area (Å²) in [5.74, 6) is 2.42. The number of carbonyl (C=O) groups is 1. The van der Waals surface area contributed by atoms with Gasteiger partial charge in [-0.2, -0.15) is 0 Å². The maximum Gasteiger partial charge on any atom is 0.222 e. The van der Waals surface area contributed by atoms with Gasteiger partial charge in [0, 0.05) is 32.6 Å². The van der Waals surface area contributed by atoms with Gasteiger partial charge in [-0.1, -0.05) is 6.92 Å². The molecule has 2 aliphatic heterocycles. The third-order valence-corrected chi connectivity index (χ3v) is 6.63. The minimum Gasteiger partial charge on any atom is -0.352 e. The molecule has 6 nitrogen and oxygen atoms in total. The Morgan fingerprint density at radius 2 is 2.19 bits per heavy atom. The van der Waals surface area contributed by atoms with Crippen molar-refractivity contribution in [3.63, 3.8) is 0 Å². The molecule has 0 aromatic carbocycles. The molecule has 0 spiro atoms.